The number of primary sulfonamides is 2. The zero-order valence-electron chi connectivity index (χ0n) is 26.2. The number of hydrogen-bond acceptors (Lipinski definition) is 13. The van der Waals surface area contributed by atoms with Gasteiger partial charge in [-0.15, -0.1) is 15.3 Å². The van der Waals surface area contributed by atoms with Gasteiger partial charge >= 0.3 is 17.4 Å². The Kier molecular flexibility index (Phi) is 11.6. The second kappa shape index (κ2) is 15.5. The van der Waals surface area contributed by atoms with Crippen molar-refractivity contribution >= 4 is 53.6 Å². The monoisotopic (exact) mass is 766 g/mol. The van der Waals surface area contributed by atoms with Crippen LogP contribution >= 0.6 is 0 Å². The first kappa shape index (κ1) is 38.1. The van der Waals surface area contributed by atoms with Crippen LogP contribution in [0.15, 0.2) is 133 Å². The second-order valence-corrected chi connectivity index (χ2v) is 13.5. The minimum absolute atomic E-state index is 0. The van der Waals surface area contributed by atoms with Gasteiger partial charge in [0.25, 0.3) is 0 Å². The number of hydrogen-bond donors (Lipinski definition) is 4. The summed E-state index contributed by atoms with van der Waals surface area (Å²) in [5.74, 6) is -1.40. The minimum atomic E-state index is -3.99. The molecular weight excluding hydrogens is 741 g/mol. The standard InChI is InChI=1S/C16H15N5O4S.C16H13N3O4S.Cr/c1-10-15(16(23)21(20-10)11-5-3-2-4-6-11)19-18-13-9-12(26(17,24)25)7-8-14(13)22;17-24(22,23)11-6-8-14(20)13(9-11)18-19-16-12-4-2-1-3-10(12)5-7-15(16)21;/h2-9,22-23H,1H3,(H2,17,24,25);1-9,20-21H,(H2,17,22,23);/q;;+3/p-2. The van der Waals surface area contributed by atoms with Crippen LogP contribution in [-0.2, 0) is 37.4 Å². The molecule has 0 atom stereocenters. The Balaban J connectivity index is 0.000000225. The molecule has 0 aliphatic heterocycles. The van der Waals surface area contributed by atoms with Gasteiger partial charge < -0.3 is 20.4 Å². The van der Waals surface area contributed by atoms with Crippen molar-refractivity contribution in [2.24, 2.45) is 30.7 Å². The Morgan fingerprint density at radius 2 is 1.22 bits per heavy atom. The summed E-state index contributed by atoms with van der Waals surface area (Å²) in [5, 5.41) is 75.2. The van der Waals surface area contributed by atoms with Crippen LogP contribution in [-0.4, -0.2) is 36.8 Å². The van der Waals surface area contributed by atoms with Crippen LogP contribution in [0.3, 0.4) is 0 Å². The van der Waals surface area contributed by atoms with E-state index in [2.05, 4.69) is 25.6 Å². The number of nitrogens with zero attached hydrogens (tertiary/aromatic N) is 6. The molecule has 16 nitrogen and oxygen atoms in total. The predicted octanol–water partition coefficient (Wildman–Crippen LogP) is 4.70. The van der Waals surface area contributed by atoms with Crippen LogP contribution < -0.4 is 20.5 Å². The zero-order chi connectivity index (χ0) is 36.2. The first-order chi connectivity index (χ1) is 23.6. The molecule has 0 amide bonds. The molecule has 259 valence electrons. The van der Waals surface area contributed by atoms with E-state index in [0.717, 1.165) is 35.7 Å². The van der Waals surface area contributed by atoms with Crippen molar-refractivity contribution in [1.29, 1.82) is 0 Å². The van der Waals surface area contributed by atoms with Crippen LogP contribution in [0.2, 0.25) is 0 Å². The van der Waals surface area contributed by atoms with Crippen LogP contribution in [0.5, 0.6) is 23.1 Å². The summed E-state index contributed by atoms with van der Waals surface area (Å²) in [6.45, 7) is 1.58. The van der Waals surface area contributed by atoms with Gasteiger partial charge in [-0.2, -0.15) is 10.2 Å². The molecule has 0 saturated heterocycles. The number of benzene rings is 5. The summed E-state index contributed by atoms with van der Waals surface area (Å²) in [5.41, 5.74) is 0.722. The van der Waals surface area contributed by atoms with Crippen molar-refractivity contribution in [3.8, 4) is 28.8 Å². The second-order valence-electron chi connectivity index (χ2n) is 10.4. The molecule has 6 N–H and O–H groups in total. The molecule has 19 heteroatoms. The fraction of sp³-hybridized carbons (Fsp3) is 0.0312. The van der Waals surface area contributed by atoms with Crippen LogP contribution in [0, 0.1) is 6.92 Å². The fourth-order valence-corrected chi connectivity index (χ4v) is 5.49. The maximum Gasteiger partial charge on any atom is 3.00 e. The van der Waals surface area contributed by atoms with Crippen molar-refractivity contribution in [1.82, 2.24) is 9.78 Å². The molecule has 6 aromatic rings. The number of rotatable bonds is 7. The number of aryl methyl sites for hydroxylation is 1. The van der Waals surface area contributed by atoms with Gasteiger partial charge in [0.15, 0.2) is 0 Å². The van der Waals surface area contributed by atoms with Crippen molar-refractivity contribution in [3.05, 3.63) is 109 Å². The van der Waals surface area contributed by atoms with Crippen molar-refractivity contribution < 1.29 is 54.6 Å². The number of phenolic OH excluding ortho intramolecular Hbond substituents is 2. The van der Waals surface area contributed by atoms with E-state index in [1.54, 1.807) is 55.5 Å². The molecular formula is C32H26CrN8O8S2+. The Labute approximate surface area is 301 Å². The van der Waals surface area contributed by atoms with Crippen molar-refractivity contribution in [2.45, 2.75) is 16.7 Å². The number of nitrogens with two attached hydrogens (primary N) is 2. The quantitative estimate of drug-likeness (QED) is 0.164. The molecule has 0 spiro atoms. The zero-order valence-corrected chi connectivity index (χ0v) is 29.1. The van der Waals surface area contributed by atoms with Crippen molar-refractivity contribution in [2.75, 3.05) is 0 Å². The first-order valence-electron chi connectivity index (χ1n) is 14.2. The predicted molar refractivity (Wildman–Crippen MR) is 178 cm³/mol. The average molecular weight is 767 g/mol. The van der Waals surface area contributed by atoms with Gasteiger partial charge in [0, 0.05) is 11.3 Å². The molecule has 51 heavy (non-hydrogen) atoms. The topological polar surface area (TPSA) is 274 Å². The molecule has 0 aliphatic rings. The number of phenols is 2. The Hall–Kier alpha value is -5.68. The molecule has 0 aliphatic carbocycles. The number of aromatic hydroxyl groups is 2. The van der Waals surface area contributed by atoms with E-state index in [1.165, 1.54) is 16.8 Å². The maximum atomic E-state index is 12.5. The van der Waals surface area contributed by atoms with E-state index in [4.69, 9.17) is 10.3 Å². The molecule has 6 rings (SSSR count). The molecule has 1 radical (unpaired) electrons. The molecule has 0 fully saturated rings. The van der Waals surface area contributed by atoms with E-state index in [-0.39, 0.29) is 61.4 Å². The van der Waals surface area contributed by atoms with Gasteiger partial charge in [-0.3, -0.25) is 0 Å². The number of sulfonamides is 2. The average Bonchev–Trinajstić information content (AvgIpc) is 3.36. The normalized spacial score (nSPS) is 11.7. The summed E-state index contributed by atoms with van der Waals surface area (Å²) < 4.78 is 46.7. The van der Waals surface area contributed by atoms with E-state index in [1.807, 2.05) is 12.1 Å². The van der Waals surface area contributed by atoms with Crippen LogP contribution in [0.4, 0.5) is 22.7 Å². The number of aromatic nitrogens is 2. The van der Waals surface area contributed by atoms with Crippen LogP contribution in [0.25, 0.3) is 16.5 Å². The fourth-order valence-electron chi connectivity index (χ4n) is 4.43. The summed E-state index contributed by atoms with van der Waals surface area (Å²) in [7, 11) is -7.92. The summed E-state index contributed by atoms with van der Waals surface area (Å²) in [6.07, 6.45) is 0. The van der Waals surface area contributed by atoms with Gasteiger partial charge in [0.1, 0.15) is 28.6 Å². The number of para-hydroxylation sites is 1. The molecule has 1 heterocycles. The number of fused-ring (bicyclic) bond motifs is 1. The maximum absolute atomic E-state index is 12.5. The summed E-state index contributed by atoms with van der Waals surface area (Å²) in [4.78, 5) is -0.471. The third kappa shape index (κ3) is 8.92. The van der Waals surface area contributed by atoms with E-state index < -0.39 is 31.7 Å². The third-order valence-electron chi connectivity index (χ3n) is 6.92. The van der Waals surface area contributed by atoms with Gasteiger partial charge in [-0.25, -0.2) is 31.8 Å². The molecule has 0 bridgehead atoms. The minimum Gasteiger partial charge on any atom is -0.871 e. The summed E-state index contributed by atoms with van der Waals surface area (Å²) in [6, 6.07) is 25.8. The van der Waals surface area contributed by atoms with E-state index in [9.17, 15) is 37.3 Å². The smallest absolute Gasteiger partial charge is 0.871 e. The summed E-state index contributed by atoms with van der Waals surface area (Å²) >= 11 is 0. The van der Waals surface area contributed by atoms with Crippen LogP contribution in [0.1, 0.15) is 5.69 Å². The molecule has 0 unspecified atom stereocenters. The Bertz CT molecular complexity index is 2510. The Morgan fingerprint density at radius 3 is 1.88 bits per heavy atom. The van der Waals surface area contributed by atoms with E-state index >= 15 is 0 Å². The van der Waals surface area contributed by atoms with Gasteiger partial charge in [-0.1, -0.05) is 60.3 Å². The molecule has 1 aromatic heterocycles. The van der Waals surface area contributed by atoms with Gasteiger partial charge in [0.2, 0.25) is 20.0 Å². The SMILES string of the molecule is Cc1nn(-c2ccccc2)c([O-])c1N=Nc1cc(S(N)(=O)=O)ccc1[O-].NS(=O)(=O)c1ccc(O)c(N=Nc2c(O)ccc3ccccc23)c1.[Cr+3]. The van der Waals surface area contributed by atoms with Gasteiger partial charge in [0.05, 0.1) is 26.9 Å². The number of azo groups is 2. The molecule has 0 saturated carbocycles. The largest absolute Gasteiger partial charge is 3.00 e. The molecule has 5 aromatic carbocycles. The van der Waals surface area contributed by atoms with Gasteiger partial charge in [-0.05, 0) is 60.8 Å². The first-order valence-corrected chi connectivity index (χ1v) is 17.3. The van der Waals surface area contributed by atoms with Crippen molar-refractivity contribution in [3.63, 3.8) is 0 Å². The Morgan fingerprint density at radius 1 is 0.667 bits per heavy atom. The van der Waals surface area contributed by atoms with E-state index in [0.29, 0.717) is 16.8 Å². The third-order valence-corrected chi connectivity index (χ3v) is 8.74.